The van der Waals surface area contributed by atoms with Crippen LogP contribution in [0.15, 0.2) is 72.8 Å². The molecule has 3 aliphatic rings. The first kappa shape index (κ1) is 21.0. The van der Waals surface area contributed by atoms with Crippen molar-refractivity contribution in [2.75, 3.05) is 4.90 Å². The van der Waals surface area contributed by atoms with Crippen molar-refractivity contribution in [1.82, 2.24) is 0 Å². The second kappa shape index (κ2) is 7.19. The summed E-state index contributed by atoms with van der Waals surface area (Å²) >= 11 is 6.18. The van der Waals surface area contributed by atoms with Crippen molar-refractivity contribution in [3.8, 4) is 0 Å². The van der Waals surface area contributed by atoms with Gasteiger partial charge in [-0.3, -0.25) is 19.2 Å². The van der Waals surface area contributed by atoms with Crippen molar-refractivity contribution >= 4 is 40.7 Å². The highest BCUT2D eigenvalue weighted by Gasteiger charge is 2.74. The predicted molar refractivity (Wildman–Crippen MR) is 124 cm³/mol. The fourth-order valence-electron chi connectivity index (χ4n) is 5.52. The Bertz CT molecular complexity index is 1380. The fraction of sp³-hybridized carbons (Fsp3) is 0.185. The zero-order chi connectivity index (χ0) is 23.8. The zero-order valence-electron chi connectivity index (χ0n) is 18.0. The molecule has 2 fully saturated rings. The lowest BCUT2D eigenvalue weighted by atomic mass is 9.77. The minimum atomic E-state index is -2.08. The van der Waals surface area contributed by atoms with Crippen LogP contribution in [0.5, 0.6) is 0 Å². The Morgan fingerprint density at radius 2 is 1.44 bits per heavy atom. The van der Waals surface area contributed by atoms with Crippen LogP contribution in [0, 0.1) is 18.8 Å². The number of halogens is 1. The average Bonchev–Trinajstić information content (AvgIpc) is 3.41. The lowest BCUT2D eigenvalue weighted by Gasteiger charge is -2.27. The van der Waals surface area contributed by atoms with Crippen molar-refractivity contribution in [1.29, 1.82) is 0 Å². The number of aryl methyl sites for hydroxylation is 1. The number of anilines is 1. The standard InChI is InChI=1S/C27H18ClNO5/c1-14-11-12-16(28)13-19(14)29-25(32)20-21(26(29)33)27(34-22(20)15-7-3-2-4-8-15)23(30)17-9-5-6-10-18(17)24(27)31/h2-13,20-22H,1H3/t20-,21+,22-/m0/s1. The SMILES string of the molecule is Cc1ccc(Cl)cc1N1C(=O)[C@@H]2[C@H](c3ccccc3)OC3(C(=O)c4ccccc4C3=O)[C@H]2C1=O. The number of hydrogen-bond acceptors (Lipinski definition) is 5. The van der Waals surface area contributed by atoms with Gasteiger partial charge in [-0.2, -0.15) is 0 Å². The first-order valence-electron chi connectivity index (χ1n) is 10.9. The van der Waals surface area contributed by atoms with E-state index in [9.17, 15) is 19.2 Å². The number of Topliss-reactive ketones (excluding diaryl/α,β-unsaturated/α-hetero) is 2. The van der Waals surface area contributed by atoms with Gasteiger partial charge in [-0.15, -0.1) is 0 Å². The molecule has 3 aromatic carbocycles. The van der Waals surface area contributed by atoms with Crippen LogP contribution in [0.1, 0.15) is 37.9 Å². The van der Waals surface area contributed by atoms with Gasteiger partial charge in [0.05, 0.1) is 23.6 Å². The average molecular weight is 472 g/mol. The number of hydrogen-bond donors (Lipinski definition) is 0. The van der Waals surface area contributed by atoms with Crippen molar-refractivity contribution < 1.29 is 23.9 Å². The van der Waals surface area contributed by atoms with Gasteiger partial charge in [0.1, 0.15) is 0 Å². The van der Waals surface area contributed by atoms with Gasteiger partial charge in [-0.05, 0) is 30.2 Å². The Hall–Kier alpha value is -3.61. The first-order valence-corrected chi connectivity index (χ1v) is 11.3. The van der Waals surface area contributed by atoms with Gasteiger partial charge in [-0.1, -0.05) is 72.3 Å². The van der Waals surface area contributed by atoms with Gasteiger partial charge in [0.15, 0.2) is 0 Å². The number of nitrogens with zero attached hydrogens (tertiary/aromatic N) is 1. The normalized spacial score (nSPS) is 24.8. The molecular weight excluding hydrogens is 454 g/mol. The van der Waals surface area contributed by atoms with Crippen molar-refractivity contribution in [3.63, 3.8) is 0 Å². The summed E-state index contributed by atoms with van der Waals surface area (Å²) < 4.78 is 6.26. The number of ketones is 2. The number of imide groups is 1. The highest BCUT2D eigenvalue weighted by Crippen LogP contribution is 2.57. The summed E-state index contributed by atoms with van der Waals surface area (Å²) in [4.78, 5) is 56.3. The van der Waals surface area contributed by atoms with E-state index in [0.717, 1.165) is 4.90 Å². The van der Waals surface area contributed by atoms with Crippen LogP contribution >= 0.6 is 11.6 Å². The molecule has 7 heteroatoms. The molecule has 34 heavy (non-hydrogen) atoms. The number of fused-ring (bicyclic) bond motifs is 3. The van der Waals surface area contributed by atoms with E-state index in [4.69, 9.17) is 16.3 Å². The van der Waals surface area contributed by atoms with Gasteiger partial charge in [0.25, 0.3) is 0 Å². The third-order valence-electron chi connectivity index (χ3n) is 7.06. The summed E-state index contributed by atoms with van der Waals surface area (Å²) in [5.41, 5.74) is -0.0334. The Balaban J connectivity index is 1.57. The second-order valence-corrected chi connectivity index (χ2v) is 9.27. The number of carbonyl (C=O) groups excluding carboxylic acids is 4. The largest absolute Gasteiger partial charge is 0.349 e. The van der Waals surface area contributed by atoms with Crippen LogP contribution in [-0.2, 0) is 14.3 Å². The Morgan fingerprint density at radius 3 is 2.09 bits per heavy atom. The molecule has 1 aliphatic carbocycles. The molecule has 3 atom stereocenters. The lowest BCUT2D eigenvalue weighted by Crippen LogP contribution is -2.51. The van der Waals surface area contributed by atoms with E-state index in [2.05, 4.69) is 0 Å². The molecule has 2 aliphatic heterocycles. The van der Waals surface area contributed by atoms with Crippen LogP contribution in [0.25, 0.3) is 0 Å². The van der Waals surface area contributed by atoms with E-state index in [1.165, 1.54) is 0 Å². The maximum absolute atomic E-state index is 13.9. The highest BCUT2D eigenvalue weighted by atomic mass is 35.5. The smallest absolute Gasteiger partial charge is 0.241 e. The van der Waals surface area contributed by atoms with Crippen LogP contribution in [0.2, 0.25) is 5.02 Å². The molecule has 168 valence electrons. The van der Waals surface area contributed by atoms with E-state index >= 15 is 0 Å². The molecule has 0 saturated carbocycles. The van der Waals surface area contributed by atoms with Gasteiger partial charge < -0.3 is 4.74 Å². The third-order valence-corrected chi connectivity index (χ3v) is 7.29. The van der Waals surface area contributed by atoms with Crippen molar-refractivity contribution in [3.05, 3.63) is 100 Å². The van der Waals surface area contributed by atoms with Gasteiger partial charge >= 0.3 is 0 Å². The van der Waals surface area contributed by atoms with E-state index in [1.54, 1.807) is 73.7 Å². The molecule has 6 nitrogen and oxygen atoms in total. The van der Waals surface area contributed by atoms with E-state index < -0.39 is 46.9 Å². The summed E-state index contributed by atoms with van der Waals surface area (Å²) in [6.07, 6.45) is -0.936. The zero-order valence-corrected chi connectivity index (χ0v) is 18.8. The Morgan fingerprint density at radius 1 is 0.824 bits per heavy atom. The van der Waals surface area contributed by atoms with Crippen molar-refractivity contribution in [2.24, 2.45) is 11.8 Å². The van der Waals surface area contributed by atoms with Gasteiger partial charge in [0.2, 0.25) is 29.0 Å². The molecule has 0 bridgehead atoms. The molecule has 2 heterocycles. The number of rotatable bonds is 2. The quantitative estimate of drug-likeness (QED) is 0.410. The van der Waals surface area contributed by atoms with E-state index in [0.29, 0.717) is 21.8 Å². The maximum Gasteiger partial charge on any atom is 0.241 e. The van der Waals surface area contributed by atoms with Crippen molar-refractivity contribution in [2.45, 2.75) is 18.6 Å². The number of ether oxygens (including phenoxy) is 1. The molecule has 0 radical (unpaired) electrons. The molecule has 2 amide bonds. The van der Waals surface area contributed by atoms with Gasteiger partial charge in [-0.25, -0.2) is 4.90 Å². The molecule has 3 aromatic rings. The Kier molecular flexibility index (Phi) is 4.43. The van der Waals surface area contributed by atoms with Crippen LogP contribution < -0.4 is 4.90 Å². The molecule has 0 N–H and O–H groups in total. The van der Waals surface area contributed by atoms with Crippen LogP contribution in [0.3, 0.4) is 0 Å². The lowest BCUT2D eigenvalue weighted by molar-refractivity contribution is -0.127. The summed E-state index contributed by atoms with van der Waals surface area (Å²) in [7, 11) is 0. The molecule has 6 rings (SSSR count). The molecule has 0 unspecified atom stereocenters. The topological polar surface area (TPSA) is 80.8 Å². The molecule has 0 aromatic heterocycles. The summed E-state index contributed by atoms with van der Waals surface area (Å²) in [5.74, 6) is -4.61. The summed E-state index contributed by atoms with van der Waals surface area (Å²) in [6.45, 7) is 1.77. The third kappa shape index (κ3) is 2.55. The highest BCUT2D eigenvalue weighted by molar-refractivity contribution is 6.37. The molecule has 1 spiro atoms. The minimum absolute atomic E-state index is 0.206. The predicted octanol–water partition coefficient (Wildman–Crippen LogP) is 4.34. The van der Waals surface area contributed by atoms with E-state index in [-0.39, 0.29) is 11.1 Å². The summed E-state index contributed by atoms with van der Waals surface area (Å²) in [5, 5.41) is 0.365. The number of benzene rings is 3. The number of amides is 2. The van der Waals surface area contributed by atoms with Crippen LogP contribution in [-0.4, -0.2) is 29.0 Å². The first-order chi connectivity index (χ1) is 16.4. The Labute approximate surface area is 200 Å². The molecule has 2 saturated heterocycles. The van der Waals surface area contributed by atoms with Gasteiger partial charge in [0, 0.05) is 16.1 Å². The maximum atomic E-state index is 13.9. The summed E-state index contributed by atoms with van der Waals surface area (Å²) in [6, 6.07) is 20.3. The molecular formula is C27H18ClNO5. The fourth-order valence-corrected chi connectivity index (χ4v) is 5.69. The second-order valence-electron chi connectivity index (χ2n) is 8.83. The number of carbonyl (C=O) groups is 4. The monoisotopic (exact) mass is 471 g/mol. The van der Waals surface area contributed by atoms with E-state index in [1.807, 2.05) is 6.07 Å². The minimum Gasteiger partial charge on any atom is -0.349 e. The van der Waals surface area contributed by atoms with Crippen LogP contribution in [0.4, 0.5) is 5.69 Å².